The molecule has 0 unspecified atom stereocenters. The molecule has 0 aliphatic heterocycles. The predicted molar refractivity (Wildman–Crippen MR) is 91.4 cm³/mol. The molecule has 7 heteroatoms. The van der Waals surface area contributed by atoms with E-state index in [1.165, 1.54) is 4.88 Å². The maximum Gasteiger partial charge on any atom is 0.225 e. The predicted octanol–water partition coefficient (Wildman–Crippen LogP) is 5.09. The summed E-state index contributed by atoms with van der Waals surface area (Å²) in [5.74, 6) is 1.32. The van der Waals surface area contributed by atoms with Crippen LogP contribution < -0.4 is 10.6 Å². The van der Waals surface area contributed by atoms with Gasteiger partial charge in [0.1, 0.15) is 10.6 Å². The zero-order valence-corrected chi connectivity index (χ0v) is 13.7. The van der Waals surface area contributed by atoms with Gasteiger partial charge in [-0.25, -0.2) is 4.98 Å². The summed E-state index contributed by atoms with van der Waals surface area (Å²) in [5.41, 5.74) is 0.829. The van der Waals surface area contributed by atoms with Crippen LogP contribution >= 0.6 is 34.5 Å². The minimum absolute atomic E-state index is 0.502. The number of halogens is 2. The first-order valence-corrected chi connectivity index (χ1v) is 7.82. The Morgan fingerprint density at radius 2 is 1.90 bits per heavy atom. The summed E-state index contributed by atoms with van der Waals surface area (Å²) >= 11 is 13.6. The van der Waals surface area contributed by atoms with E-state index in [2.05, 4.69) is 26.7 Å². The van der Waals surface area contributed by atoms with Gasteiger partial charge in [0, 0.05) is 17.6 Å². The summed E-state index contributed by atoms with van der Waals surface area (Å²) in [6.07, 6.45) is 0. The molecule has 0 aliphatic rings. The number of hydrogen-bond acceptors (Lipinski definition) is 5. The van der Waals surface area contributed by atoms with Gasteiger partial charge in [-0.2, -0.15) is 4.98 Å². The van der Waals surface area contributed by atoms with Crippen LogP contribution in [0.15, 0.2) is 24.3 Å². The number of nitrogens with zero attached hydrogens (tertiary/aromatic N) is 2. The normalized spacial score (nSPS) is 10.9. The van der Waals surface area contributed by atoms with Crippen LogP contribution in [0.25, 0.3) is 10.2 Å². The lowest BCUT2D eigenvalue weighted by Crippen LogP contribution is -2.00. The molecule has 108 valence electrons. The van der Waals surface area contributed by atoms with Crippen LogP contribution in [0.2, 0.25) is 10.0 Å². The van der Waals surface area contributed by atoms with E-state index >= 15 is 0 Å². The zero-order valence-electron chi connectivity index (χ0n) is 11.4. The minimum Gasteiger partial charge on any atom is -0.357 e. The lowest BCUT2D eigenvalue weighted by molar-refractivity contribution is 1.20. The number of thiophene rings is 1. The van der Waals surface area contributed by atoms with Crippen LogP contribution in [0.3, 0.4) is 0 Å². The zero-order chi connectivity index (χ0) is 15.0. The molecular formula is C14H12Cl2N4S. The number of fused-ring (bicyclic) bond motifs is 1. The van der Waals surface area contributed by atoms with E-state index in [1.807, 2.05) is 13.0 Å². The summed E-state index contributed by atoms with van der Waals surface area (Å²) in [6, 6.07) is 7.46. The second-order valence-electron chi connectivity index (χ2n) is 4.48. The van der Waals surface area contributed by atoms with E-state index in [-0.39, 0.29) is 0 Å². The molecule has 0 amide bonds. The van der Waals surface area contributed by atoms with Crippen molar-refractivity contribution in [2.75, 3.05) is 17.7 Å². The average Bonchev–Trinajstić information content (AvgIpc) is 2.83. The molecule has 2 aromatic heterocycles. The average molecular weight is 339 g/mol. The molecule has 0 saturated carbocycles. The lowest BCUT2D eigenvalue weighted by Gasteiger charge is -2.09. The SMILES string of the molecule is CNc1nc(Nc2ccc(Cl)c(Cl)c2)c2cc(C)sc2n1. The Morgan fingerprint density at radius 3 is 2.62 bits per heavy atom. The van der Waals surface area contributed by atoms with Crippen molar-refractivity contribution >= 4 is 62.2 Å². The van der Waals surface area contributed by atoms with Crippen molar-refractivity contribution < 1.29 is 0 Å². The molecule has 3 rings (SSSR count). The van der Waals surface area contributed by atoms with Gasteiger partial charge in [-0.15, -0.1) is 11.3 Å². The highest BCUT2D eigenvalue weighted by atomic mass is 35.5. The Bertz CT molecular complexity index is 816. The Morgan fingerprint density at radius 1 is 1.10 bits per heavy atom. The highest BCUT2D eigenvalue weighted by Gasteiger charge is 2.11. The molecule has 0 radical (unpaired) electrons. The standard InChI is InChI=1S/C14H12Cl2N4S/c1-7-5-9-12(19-14(17-2)20-13(9)21-7)18-8-3-4-10(15)11(16)6-8/h3-6H,1-2H3,(H2,17,18,19,20). The van der Waals surface area contributed by atoms with Gasteiger partial charge in [0.2, 0.25) is 5.95 Å². The molecule has 0 aliphatic carbocycles. The molecule has 2 heterocycles. The first-order chi connectivity index (χ1) is 10.1. The van der Waals surface area contributed by atoms with Gasteiger partial charge in [0.25, 0.3) is 0 Å². The molecule has 0 bridgehead atoms. The van der Waals surface area contributed by atoms with E-state index < -0.39 is 0 Å². The Hall–Kier alpha value is -1.56. The van der Waals surface area contributed by atoms with Gasteiger partial charge in [0.05, 0.1) is 15.4 Å². The smallest absolute Gasteiger partial charge is 0.225 e. The molecular weight excluding hydrogens is 327 g/mol. The van der Waals surface area contributed by atoms with Crippen molar-refractivity contribution in [1.29, 1.82) is 0 Å². The third-order valence-corrected chi connectivity index (χ3v) is 4.61. The van der Waals surface area contributed by atoms with Gasteiger partial charge in [0.15, 0.2) is 0 Å². The molecule has 21 heavy (non-hydrogen) atoms. The maximum absolute atomic E-state index is 6.05. The van der Waals surface area contributed by atoms with Gasteiger partial charge in [-0.3, -0.25) is 0 Å². The van der Waals surface area contributed by atoms with Crippen molar-refractivity contribution in [1.82, 2.24) is 9.97 Å². The van der Waals surface area contributed by atoms with Crippen molar-refractivity contribution in [3.05, 3.63) is 39.2 Å². The Balaban J connectivity index is 2.07. The highest BCUT2D eigenvalue weighted by Crippen LogP contribution is 2.32. The summed E-state index contributed by atoms with van der Waals surface area (Å²) < 4.78 is 0. The van der Waals surface area contributed by atoms with Crippen LogP contribution in [0.1, 0.15) is 4.88 Å². The number of benzene rings is 1. The quantitative estimate of drug-likeness (QED) is 0.698. The van der Waals surface area contributed by atoms with Crippen molar-refractivity contribution in [3.8, 4) is 0 Å². The fourth-order valence-electron chi connectivity index (χ4n) is 1.96. The fourth-order valence-corrected chi connectivity index (χ4v) is 3.14. The molecule has 0 fully saturated rings. The summed E-state index contributed by atoms with van der Waals surface area (Å²) in [7, 11) is 1.80. The van der Waals surface area contributed by atoms with Crippen molar-refractivity contribution in [3.63, 3.8) is 0 Å². The molecule has 1 aromatic carbocycles. The molecule has 3 aromatic rings. The second kappa shape index (κ2) is 5.67. The van der Waals surface area contributed by atoms with Crippen LogP contribution in [0, 0.1) is 6.92 Å². The molecule has 0 saturated heterocycles. The number of aryl methyl sites for hydroxylation is 1. The third kappa shape index (κ3) is 2.90. The van der Waals surface area contributed by atoms with E-state index in [1.54, 1.807) is 30.5 Å². The number of anilines is 3. The monoisotopic (exact) mass is 338 g/mol. The van der Waals surface area contributed by atoms with Gasteiger partial charge >= 0.3 is 0 Å². The largest absolute Gasteiger partial charge is 0.357 e. The van der Waals surface area contributed by atoms with E-state index in [4.69, 9.17) is 23.2 Å². The number of aromatic nitrogens is 2. The van der Waals surface area contributed by atoms with Gasteiger partial charge < -0.3 is 10.6 Å². The van der Waals surface area contributed by atoms with E-state index in [9.17, 15) is 0 Å². The third-order valence-electron chi connectivity index (χ3n) is 2.92. The van der Waals surface area contributed by atoms with E-state index in [0.29, 0.717) is 16.0 Å². The van der Waals surface area contributed by atoms with Crippen LogP contribution in [-0.4, -0.2) is 17.0 Å². The van der Waals surface area contributed by atoms with Crippen molar-refractivity contribution in [2.24, 2.45) is 0 Å². The molecule has 0 spiro atoms. The maximum atomic E-state index is 6.05. The Kier molecular flexibility index (Phi) is 3.89. The number of hydrogen-bond donors (Lipinski definition) is 2. The number of nitrogens with one attached hydrogen (secondary N) is 2. The fraction of sp³-hybridized carbons (Fsp3) is 0.143. The second-order valence-corrected chi connectivity index (χ2v) is 6.52. The summed E-state index contributed by atoms with van der Waals surface area (Å²) in [6.45, 7) is 2.05. The summed E-state index contributed by atoms with van der Waals surface area (Å²) in [5, 5.41) is 8.26. The van der Waals surface area contributed by atoms with Crippen LogP contribution in [0.5, 0.6) is 0 Å². The minimum atomic E-state index is 0.502. The van der Waals surface area contributed by atoms with Crippen LogP contribution in [-0.2, 0) is 0 Å². The first-order valence-electron chi connectivity index (χ1n) is 6.25. The van der Waals surface area contributed by atoms with Gasteiger partial charge in [-0.05, 0) is 31.2 Å². The van der Waals surface area contributed by atoms with Crippen molar-refractivity contribution in [2.45, 2.75) is 6.92 Å². The number of rotatable bonds is 3. The van der Waals surface area contributed by atoms with E-state index in [0.717, 1.165) is 21.7 Å². The first kappa shape index (κ1) is 14.4. The molecule has 0 atom stereocenters. The lowest BCUT2D eigenvalue weighted by atomic mass is 10.3. The Labute approximate surface area is 136 Å². The molecule has 2 N–H and O–H groups in total. The highest BCUT2D eigenvalue weighted by molar-refractivity contribution is 7.18. The van der Waals surface area contributed by atoms with Gasteiger partial charge in [-0.1, -0.05) is 23.2 Å². The van der Waals surface area contributed by atoms with Crippen LogP contribution in [0.4, 0.5) is 17.5 Å². The molecule has 4 nitrogen and oxygen atoms in total. The topological polar surface area (TPSA) is 49.8 Å². The summed E-state index contributed by atoms with van der Waals surface area (Å²) in [4.78, 5) is 11.1.